The first kappa shape index (κ1) is 27.5. The quantitative estimate of drug-likeness (QED) is 0.189. The third kappa shape index (κ3) is 22.2. The predicted octanol–water partition coefficient (Wildman–Crippen LogP) is 6.28. The van der Waals surface area contributed by atoms with Gasteiger partial charge in [0.25, 0.3) is 0 Å². The summed E-state index contributed by atoms with van der Waals surface area (Å²) in [6.45, 7) is 12.3. The summed E-state index contributed by atoms with van der Waals surface area (Å²) in [4.78, 5) is 0. The molecule has 25 heavy (non-hydrogen) atoms. The van der Waals surface area contributed by atoms with Gasteiger partial charge in [-0.2, -0.15) is 0 Å². The molecule has 0 fully saturated rings. The highest BCUT2D eigenvalue weighted by Crippen LogP contribution is 2.19. The van der Waals surface area contributed by atoms with Crippen molar-refractivity contribution < 1.29 is 17.6 Å². The van der Waals surface area contributed by atoms with Gasteiger partial charge in [-0.3, -0.25) is 0 Å². The summed E-state index contributed by atoms with van der Waals surface area (Å²) in [5.74, 6) is 0.438. The van der Waals surface area contributed by atoms with Crippen molar-refractivity contribution in [2.24, 2.45) is 0 Å². The molecule has 1 unspecified atom stereocenters. The Morgan fingerprint density at radius 2 is 1.20 bits per heavy atom. The highest BCUT2D eigenvalue weighted by atomic mass is 32.2. The maximum Gasteiger partial charge on any atom is 0.334 e. The molecule has 0 amide bonds. The van der Waals surface area contributed by atoms with Crippen LogP contribution in [-0.2, 0) is 19.9 Å². The smallest absolute Gasteiger partial charge is 0.334 e. The van der Waals surface area contributed by atoms with Gasteiger partial charge in [0.15, 0.2) is 11.1 Å². The zero-order chi connectivity index (χ0) is 19.4. The Morgan fingerprint density at radius 3 is 1.64 bits per heavy atom. The Morgan fingerprint density at radius 1 is 0.760 bits per heavy atom. The molecule has 0 radical (unpaired) electrons. The van der Waals surface area contributed by atoms with Crippen LogP contribution >= 0.6 is 0 Å². The number of rotatable bonds is 16. The summed E-state index contributed by atoms with van der Waals surface area (Å²) in [6, 6.07) is 1.16. The van der Waals surface area contributed by atoms with E-state index in [1.807, 2.05) is 0 Å². The van der Waals surface area contributed by atoms with Gasteiger partial charge in [0.1, 0.15) is 0 Å². The van der Waals surface area contributed by atoms with E-state index in [1.54, 1.807) is 0 Å². The van der Waals surface area contributed by atoms with E-state index >= 15 is 0 Å². The average Bonchev–Trinajstić information content (AvgIpc) is 2.55. The van der Waals surface area contributed by atoms with Gasteiger partial charge in [0, 0.05) is 19.0 Å². The fourth-order valence-electron chi connectivity index (χ4n) is 2.68. The minimum atomic E-state index is -1.82. The Labute approximate surface area is 161 Å². The number of unbranched alkanes of at least 4 members (excludes halogenated alkanes) is 8. The minimum absolute atomic E-state index is 0.438. The van der Waals surface area contributed by atoms with E-state index < -0.39 is 19.6 Å². The van der Waals surface area contributed by atoms with Gasteiger partial charge in [-0.25, -0.2) is 4.21 Å². The fourth-order valence-corrected chi connectivity index (χ4v) is 5.61. The van der Waals surface area contributed by atoms with Crippen molar-refractivity contribution in [2.45, 2.75) is 104 Å². The lowest BCUT2D eigenvalue weighted by Gasteiger charge is -2.25. The topological polar surface area (TPSA) is 55.8 Å². The molecule has 0 aliphatic heterocycles. The van der Waals surface area contributed by atoms with Gasteiger partial charge < -0.3 is 13.4 Å². The van der Waals surface area contributed by atoms with Crippen LogP contribution in [0.5, 0.6) is 0 Å². The molecule has 0 saturated carbocycles. The Bertz CT molecular complexity index is 285. The second-order valence-corrected chi connectivity index (χ2v) is 11.0. The van der Waals surface area contributed by atoms with Gasteiger partial charge in [0.05, 0.1) is 0 Å². The molecular formula is C19H44O4SSi. The monoisotopic (exact) mass is 396 g/mol. The van der Waals surface area contributed by atoms with E-state index in [0.29, 0.717) is 5.75 Å². The minimum Gasteiger partial charge on any atom is -0.395 e. The highest BCUT2D eigenvalue weighted by Gasteiger charge is 2.29. The van der Waals surface area contributed by atoms with E-state index in [-0.39, 0.29) is 0 Å². The lowest BCUT2D eigenvalue weighted by molar-refractivity contribution is 0.188. The maximum atomic E-state index is 9.99. The molecule has 6 heteroatoms. The fraction of sp³-hybridized carbons (Fsp3) is 1.00. The number of hydrogen-bond acceptors (Lipinski definition) is 3. The highest BCUT2D eigenvalue weighted by molar-refractivity contribution is 7.79. The standard InChI is InChI=1S/C14H32O2Si.C5H12O2S/c1-5-8-9-10-11-12-13-14-17(4,15-6-2)16-7-3;1-2-3-4-5-8(6)7/h5-14H2,1-4H3;2-5H2,1H3,(H,6,7). The predicted molar refractivity (Wildman–Crippen MR) is 113 cm³/mol. The third-order valence-electron chi connectivity index (χ3n) is 4.06. The number of hydrogen-bond donors (Lipinski definition) is 1. The normalized spacial score (nSPS) is 12.6. The molecule has 0 spiro atoms. The molecule has 1 atom stereocenters. The van der Waals surface area contributed by atoms with Gasteiger partial charge in [0.2, 0.25) is 0 Å². The molecule has 0 aromatic rings. The summed E-state index contributed by atoms with van der Waals surface area (Å²) in [7, 11) is -1.82. The summed E-state index contributed by atoms with van der Waals surface area (Å²) in [5, 5.41) is 0. The van der Waals surface area contributed by atoms with Crippen LogP contribution in [0.1, 0.15) is 91.9 Å². The molecule has 0 rings (SSSR count). The second kappa shape index (κ2) is 20.6. The second-order valence-electron chi connectivity index (χ2n) is 6.60. The first-order valence-electron chi connectivity index (χ1n) is 10.3. The molecule has 0 aromatic heterocycles. The molecule has 0 aromatic carbocycles. The Kier molecular flexibility index (Phi) is 22.6. The van der Waals surface area contributed by atoms with Crippen molar-refractivity contribution in [1.82, 2.24) is 0 Å². The van der Waals surface area contributed by atoms with Gasteiger partial charge in [-0.05, 0) is 32.9 Å². The van der Waals surface area contributed by atoms with Gasteiger partial charge >= 0.3 is 8.56 Å². The van der Waals surface area contributed by atoms with Crippen molar-refractivity contribution in [1.29, 1.82) is 0 Å². The molecule has 0 aliphatic rings. The largest absolute Gasteiger partial charge is 0.395 e. The van der Waals surface area contributed by atoms with Crippen LogP contribution in [0.15, 0.2) is 0 Å². The Hall–Kier alpha value is 0.247. The molecule has 154 valence electrons. The summed E-state index contributed by atoms with van der Waals surface area (Å²) in [5.41, 5.74) is 0. The van der Waals surface area contributed by atoms with Crippen LogP contribution in [0, 0.1) is 0 Å². The molecular weight excluding hydrogens is 352 g/mol. The maximum absolute atomic E-state index is 9.99. The lowest BCUT2D eigenvalue weighted by atomic mass is 10.1. The third-order valence-corrected chi connectivity index (χ3v) is 7.75. The van der Waals surface area contributed by atoms with E-state index in [2.05, 4.69) is 34.2 Å². The summed E-state index contributed by atoms with van der Waals surface area (Å²) in [6.07, 6.45) is 12.6. The van der Waals surface area contributed by atoms with E-state index in [4.69, 9.17) is 13.4 Å². The zero-order valence-electron chi connectivity index (χ0n) is 17.5. The molecule has 0 bridgehead atoms. The molecule has 4 nitrogen and oxygen atoms in total. The van der Waals surface area contributed by atoms with Crippen LogP contribution in [0.4, 0.5) is 0 Å². The van der Waals surface area contributed by atoms with Crippen molar-refractivity contribution in [3.05, 3.63) is 0 Å². The van der Waals surface area contributed by atoms with Crippen LogP contribution in [0.3, 0.4) is 0 Å². The van der Waals surface area contributed by atoms with Crippen LogP contribution in [0.25, 0.3) is 0 Å². The molecule has 1 N–H and O–H groups in total. The lowest BCUT2D eigenvalue weighted by Crippen LogP contribution is -2.38. The van der Waals surface area contributed by atoms with Crippen LogP contribution in [-0.4, -0.2) is 36.3 Å². The van der Waals surface area contributed by atoms with Crippen LogP contribution in [0.2, 0.25) is 12.6 Å². The Balaban J connectivity index is 0. The first-order chi connectivity index (χ1) is 12.0. The van der Waals surface area contributed by atoms with E-state index in [9.17, 15) is 4.21 Å². The van der Waals surface area contributed by atoms with Gasteiger partial charge in [-0.1, -0.05) is 71.6 Å². The van der Waals surface area contributed by atoms with Gasteiger partial charge in [-0.15, -0.1) is 0 Å². The average molecular weight is 397 g/mol. The van der Waals surface area contributed by atoms with Crippen molar-refractivity contribution in [3.8, 4) is 0 Å². The molecule has 0 aliphatic carbocycles. The SMILES string of the molecule is CCCCCCCCC[Si](C)(OCC)OCC.CCCCCS(=O)O. The van der Waals surface area contributed by atoms with Crippen molar-refractivity contribution in [2.75, 3.05) is 19.0 Å². The molecule has 0 saturated heterocycles. The first-order valence-corrected chi connectivity index (χ1v) is 14.1. The summed E-state index contributed by atoms with van der Waals surface area (Å²) >= 11 is -1.57. The van der Waals surface area contributed by atoms with Crippen molar-refractivity contribution >= 4 is 19.6 Å². The summed E-state index contributed by atoms with van der Waals surface area (Å²) < 4.78 is 29.9. The molecule has 0 heterocycles. The van der Waals surface area contributed by atoms with Crippen molar-refractivity contribution in [3.63, 3.8) is 0 Å². The van der Waals surface area contributed by atoms with E-state index in [1.165, 1.54) is 44.9 Å². The zero-order valence-corrected chi connectivity index (χ0v) is 19.3. The van der Waals surface area contributed by atoms with Crippen LogP contribution < -0.4 is 0 Å². The van der Waals surface area contributed by atoms with E-state index in [0.717, 1.165) is 38.5 Å².